The first-order valence-corrected chi connectivity index (χ1v) is 4.77. The molecule has 7 heavy (non-hydrogen) atoms. The van der Waals surface area contributed by atoms with Crippen molar-refractivity contribution in [3.8, 4) is 0 Å². The molecule has 0 aliphatic carbocycles. The third-order valence-corrected chi connectivity index (χ3v) is 1.32. The largest absolute Gasteiger partial charge is 0.329 e. The Morgan fingerprint density at radius 1 is 1.57 bits per heavy atom. The van der Waals surface area contributed by atoms with Crippen molar-refractivity contribution >= 4 is 7.37 Å². The third kappa shape index (κ3) is 6.19. The zero-order valence-electron chi connectivity index (χ0n) is 4.97. The normalized spacial score (nSPS) is 11.9. The highest BCUT2D eigenvalue weighted by molar-refractivity contribution is 7.57. The lowest BCUT2D eigenvalue weighted by Gasteiger charge is -2.02. The van der Waals surface area contributed by atoms with Gasteiger partial charge in [-0.1, -0.05) is 0 Å². The van der Waals surface area contributed by atoms with Gasteiger partial charge in [0.25, 0.3) is 0 Å². The van der Waals surface area contributed by atoms with E-state index in [2.05, 4.69) is 0 Å². The molecule has 0 saturated heterocycles. The second-order valence-electron chi connectivity index (χ2n) is 1.67. The van der Waals surface area contributed by atoms with E-state index >= 15 is 0 Å². The molecule has 3 heteroatoms. The topological polar surface area (TPSA) is 26.3 Å². The maximum absolute atomic E-state index is 10.6. The first-order chi connectivity index (χ1) is 3.06. The molecule has 0 spiro atoms. The lowest BCUT2D eigenvalue weighted by Crippen LogP contribution is -1.82. The maximum atomic E-state index is 10.6. The fourth-order valence-electron chi connectivity index (χ4n) is 0.311. The standard InChI is InChI=1S/C4H11O2P/c1-4-6-7(2,3)5/h4H2,1-3H3. The molecular formula is C4H11O2P. The lowest BCUT2D eigenvalue weighted by atomic mass is 10.9. The van der Waals surface area contributed by atoms with E-state index in [9.17, 15) is 4.57 Å². The van der Waals surface area contributed by atoms with E-state index < -0.39 is 7.37 Å². The summed E-state index contributed by atoms with van der Waals surface area (Å²) in [5.74, 6) is 0. The molecule has 0 rings (SSSR count). The van der Waals surface area contributed by atoms with E-state index in [1.807, 2.05) is 6.92 Å². The molecule has 0 aliphatic heterocycles. The lowest BCUT2D eigenvalue weighted by molar-refractivity contribution is 0.341. The molecule has 0 fully saturated rings. The van der Waals surface area contributed by atoms with Crippen molar-refractivity contribution in [1.29, 1.82) is 0 Å². The van der Waals surface area contributed by atoms with E-state index in [1.165, 1.54) is 0 Å². The van der Waals surface area contributed by atoms with Crippen molar-refractivity contribution in [3.63, 3.8) is 0 Å². The number of rotatable bonds is 2. The van der Waals surface area contributed by atoms with Gasteiger partial charge in [0.1, 0.15) is 0 Å². The highest BCUT2D eigenvalue weighted by Gasteiger charge is 2.02. The minimum atomic E-state index is -2.17. The Bertz CT molecular complexity index is 83.7. The monoisotopic (exact) mass is 122 g/mol. The van der Waals surface area contributed by atoms with Crippen molar-refractivity contribution in [2.75, 3.05) is 19.9 Å². The van der Waals surface area contributed by atoms with Crippen LogP contribution in [0.15, 0.2) is 0 Å². The summed E-state index contributed by atoms with van der Waals surface area (Å²) in [6.45, 7) is 5.59. The summed E-state index contributed by atoms with van der Waals surface area (Å²) in [5, 5.41) is 0. The van der Waals surface area contributed by atoms with E-state index in [0.717, 1.165) is 0 Å². The van der Waals surface area contributed by atoms with Gasteiger partial charge >= 0.3 is 0 Å². The maximum Gasteiger partial charge on any atom is 0.197 e. The molecule has 44 valence electrons. The molecular weight excluding hydrogens is 111 g/mol. The van der Waals surface area contributed by atoms with Crippen LogP contribution in [0.1, 0.15) is 6.92 Å². The van der Waals surface area contributed by atoms with Gasteiger partial charge in [-0.05, 0) is 6.92 Å². The van der Waals surface area contributed by atoms with Gasteiger partial charge in [-0.2, -0.15) is 0 Å². The summed E-state index contributed by atoms with van der Waals surface area (Å²) in [5.41, 5.74) is 0. The first kappa shape index (κ1) is 7.19. The molecule has 0 unspecified atom stereocenters. The van der Waals surface area contributed by atoms with Crippen molar-refractivity contribution < 1.29 is 9.09 Å². The quantitative estimate of drug-likeness (QED) is 0.519. The van der Waals surface area contributed by atoms with Gasteiger partial charge in [-0.3, -0.25) is 4.57 Å². The van der Waals surface area contributed by atoms with Crippen molar-refractivity contribution in [3.05, 3.63) is 0 Å². The van der Waals surface area contributed by atoms with E-state index in [1.54, 1.807) is 13.3 Å². The number of hydrogen-bond donors (Lipinski definition) is 0. The molecule has 0 amide bonds. The molecule has 0 radical (unpaired) electrons. The molecule has 0 atom stereocenters. The number of hydrogen-bond acceptors (Lipinski definition) is 2. The summed E-state index contributed by atoms with van der Waals surface area (Å²) in [4.78, 5) is 0. The average molecular weight is 122 g/mol. The fraction of sp³-hybridized carbons (Fsp3) is 1.00. The minimum Gasteiger partial charge on any atom is -0.329 e. The first-order valence-electron chi connectivity index (χ1n) is 2.26. The van der Waals surface area contributed by atoms with Gasteiger partial charge < -0.3 is 4.52 Å². The van der Waals surface area contributed by atoms with Gasteiger partial charge in [0.05, 0.1) is 6.61 Å². The highest BCUT2D eigenvalue weighted by atomic mass is 31.2. The summed E-state index contributed by atoms with van der Waals surface area (Å²) in [6.07, 6.45) is 0. The second kappa shape index (κ2) is 2.49. The Balaban J connectivity index is 3.36. The molecule has 0 aliphatic rings. The van der Waals surface area contributed by atoms with E-state index in [4.69, 9.17) is 4.52 Å². The molecule has 0 N–H and O–H groups in total. The molecule has 0 heterocycles. The average Bonchev–Trinajstić information content (AvgIpc) is 1.30. The van der Waals surface area contributed by atoms with Crippen LogP contribution in [-0.4, -0.2) is 19.9 Å². The Labute approximate surface area is 44.3 Å². The van der Waals surface area contributed by atoms with Crippen molar-refractivity contribution in [2.24, 2.45) is 0 Å². The van der Waals surface area contributed by atoms with E-state index in [0.29, 0.717) is 6.61 Å². The van der Waals surface area contributed by atoms with Crippen LogP contribution in [0.5, 0.6) is 0 Å². The van der Waals surface area contributed by atoms with Gasteiger partial charge in [-0.25, -0.2) is 0 Å². The van der Waals surface area contributed by atoms with Gasteiger partial charge in [0, 0.05) is 13.3 Å². The Morgan fingerprint density at radius 2 is 2.00 bits per heavy atom. The zero-order valence-corrected chi connectivity index (χ0v) is 5.87. The molecule has 2 nitrogen and oxygen atoms in total. The van der Waals surface area contributed by atoms with E-state index in [-0.39, 0.29) is 0 Å². The van der Waals surface area contributed by atoms with Gasteiger partial charge in [-0.15, -0.1) is 0 Å². The van der Waals surface area contributed by atoms with Crippen LogP contribution in [0, 0.1) is 0 Å². The van der Waals surface area contributed by atoms with Crippen LogP contribution in [-0.2, 0) is 9.09 Å². The fourth-order valence-corrected chi connectivity index (χ4v) is 0.933. The Morgan fingerprint density at radius 3 is 2.00 bits per heavy atom. The third-order valence-electron chi connectivity index (χ3n) is 0.440. The van der Waals surface area contributed by atoms with Crippen LogP contribution < -0.4 is 0 Å². The summed E-state index contributed by atoms with van der Waals surface area (Å²) in [7, 11) is -2.17. The van der Waals surface area contributed by atoms with Crippen LogP contribution >= 0.6 is 7.37 Å². The Hall–Kier alpha value is 0.190. The second-order valence-corrected chi connectivity index (χ2v) is 4.43. The van der Waals surface area contributed by atoms with Gasteiger partial charge in [0.15, 0.2) is 7.37 Å². The highest BCUT2D eigenvalue weighted by Crippen LogP contribution is 2.36. The molecule has 0 bridgehead atoms. The Kier molecular flexibility index (Phi) is 2.55. The van der Waals surface area contributed by atoms with Gasteiger partial charge in [0.2, 0.25) is 0 Å². The van der Waals surface area contributed by atoms with Crippen LogP contribution in [0.3, 0.4) is 0 Å². The van der Waals surface area contributed by atoms with Crippen LogP contribution in [0.4, 0.5) is 0 Å². The molecule has 0 aromatic rings. The molecule has 0 saturated carbocycles. The SMILES string of the molecule is CCOP(C)(C)=O. The summed E-state index contributed by atoms with van der Waals surface area (Å²) >= 11 is 0. The zero-order chi connectivity index (χ0) is 5.91. The predicted molar refractivity (Wildman–Crippen MR) is 31.1 cm³/mol. The molecule has 0 aromatic carbocycles. The van der Waals surface area contributed by atoms with Crippen LogP contribution in [0.2, 0.25) is 0 Å². The smallest absolute Gasteiger partial charge is 0.197 e. The van der Waals surface area contributed by atoms with Crippen molar-refractivity contribution in [1.82, 2.24) is 0 Å². The minimum absolute atomic E-state index is 0.546. The predicted octanol–water partition coefficient (Wildman–Crippen LogP) is 1.56. The summed E-state index contributed by atoms with van der Waals surface area (Å²) in [6, 6.07) is 0. The van der Waals surface area contributed by atoms with Crippen LogP contribution in [0.25, 0.3) is 0 Å². The summed E-state index contributed by atoms with van der Waals surface area (Å²) < 4.78 is 15.4. The molecule has 0 aromatic heterocycles. The van der Waals surface area contributed by atoms with Crippen molar-refractivity contribution in [2.45, 2.75) is 6.92 Å².